The van der Waals surface area contributed by atoms with E-state index in [-0.39, 0.29) is 30.1 Å². The molecule has 7 atom stereocenters. The Kier molecular flexibility index (Phi) is 8.82. The molecule has 0 aromatic rings. The molecule has 1 fully saturated rings. The van der Waals surface area contributed by atoms with Gasteiger partial charge in [-0.2, -0.15) is 0 Å². The number of fused-ring (bicyclic) bond motifs is 1. The van der Waals surface area contributed by atoms with Crippen LogP contribution in [-0.4, -0.2) is 61.8 Å². The van der Waals surface area contributed by atoms with Crippen LogP contribution in [-0.2, 0) is 28.5 Å². The summed E-state index contributed by atoms with van der Waals surface area (Å²) in [6.45, 7) is 3.66. The predicted molar refractivity (Wildman–Crippen MR) is 102 cm³/mol. The van der Waals surface area contributed by atoms with E-state index in [0.717, 1.165) is 0 Å². The van der Waals surface area contributed by atoms with E-state index in [1.807, 2.05) is 13.0 Å². The van der Waals surface area contributed by atoms with Crippen molar-refractivity contribution in [3.05, 3.63) is 24.3 Å². The fourth-order valence-electron chi connectivity index (χ4n) is 3.80. The second-order valence-electron chi connectivity index (χ2n) is 7.60. The van der Waals surface area contributed by atoms with Gasteiger partial charge in [-0.3, -0.25) is 9.59 Å². The maximum Gasteiger partial charge on any atom is 0.308 e. The van der Waals surface area contributed by atoms with Crippen molar-refractivity contribution in [2.75, 3.05) is 14.2 Å². The summed E-state index contributed by atoms with van der Waals surface area (Å²) in [5, 5.41) is 10.6. The van der Waals surface area contributed by atoms with Crippen molar-refractivity contribution >= 4 is 11.8 Å². The summed E-state index contributed by atoms with van der Waals surface area (Å²) in [7, 11) is 3.03. The van der Waals surface area contributed by atoms with Gasteiger partial charge in [-0.05, 0) is 25.3 Å². The van der Waals surface area contributed by atoms with E-state index >= 15 is 0 Å². The molecule has 7 nitrogen and oxygen atoms in total. The quantitative estimate of drug-likeness (QED) is 0.715. The molecule has 0 aliphatic carbocycles. The maximum atomic E-state index is 12.4. The van der Waals surface area contributed by atoms with E-state index in [0.29, 0.717) is 19.3 Å². The molecule has 2 heterocycles. The van der Waals surface area contributed by atoms with Gasteiger partial charge < -0.3 is 24.1 Å². The fourth-order valence-corrected chi connectivity index (χ4v) is 3.80. The van der Waals surface area contributed by atoms with Crippen LogP contribution in [0.25, 0.3) is 0 Å². The number of carbonyl (C=O) groups excluding carboxylic acids is 2. The number of ether oxygens (including phenoxy) is 4. The Morgan fingerprint density at radius 3 is 2.54 bits per heavy atom. The van der Waals surface area contributed by atoms with Crippen LogP contribution in [0.3, 0.4) is 0 Å². The monoisotopic (exact) mass is 396 g/mol. The maximum absolute atomic E-state index is 12.4. The zero-order valence-corrected chi connectivity index (χ0v) is 17.1. The van der Waals surface area contributed by atoms with Crippen LogP contribution in [0.1, 0.15) is 39.5 Å². The lowest BCUT2D eigenvalue weighted by Gasteiger charge is -2.31. The standard InChI is InChI=1S/C21H32O7/c1-13-10-15-11-19(25-3)28-20(15)21(26-4)17(23)12-18(24)27-14(2)8-6-5-7-9-16(13)22/h5-7,9,13-15,17,19-21,23H,8,10-12H2,1-4H3/b6-5+,9-7+/t13-,14-,15-,17-,19?,20+,21+/m1/s1. The first kappa shape index (κ1) is 22.7. The molecule has 0 bridgehead atoms. The highest BCUT2D eigenvalue weighted by Gasteiger charge is 2.44. The third-order valence-corrected chi connectivity index (χ3v) is 5.33. The molecule has 7 heteroatoms. The molecule has 1 N–H and O–H groups in total. The van der Waals surface area contributed by atoms with Crippen molar-refractivity contribution < 1.29 is 33.6 Å². The van der Waals surface area contributed by atoms with Crippen molar-refractivity contribution in [2.45, 2.75) is 70.2 Å². The van der Waals surface area contributed by atoms with Gasteiger partial charge in [-0.25, -0.2) is 0 Å². The zero-order valence-electron chi connectivity index (χ0n) is 17.1. The van der Waals surface area contributed by atoms with Crippen LogP contribution < -0.4 is 0 Å². The predicted octanol–water partition coefficient (Wildman–Crippen LogP) is 2.17. The largest absolute Gasteiger partial charge is 0.462 e. The normalized spacial score (nSPS) is 40.5. The fraction of sp³-hybridized carbons (Fsp3) is 0.714. The van der Waals surface area contributed by atoms with Gasteiger partial charge in [-0.15, -0.1) is 0 Å². The van der Waals surface area contributed by atoms with Crippen LogP contribution in [0, 0.1) is 11.8 Å². The molecule has 2 rings (SSSR count). The molecule has 0 radical (unpaired) electrons. The lowest BCUT2D eigenvalue weighted by Crippen LogP contribution is -2.44. The second kappa shape index (κ2) is 10.9. The minimum Gasteiger partial charge on any atom is -0.462 e. The summed E-state index contributed by atoms with van der Waals surface area (Å²) >= 11 is 0. The molecule has 0 saturated carbocycles. The first-order valence-corrected chi connectivity index (χ1v) is 9.81. The Morgan fingerprint density at radius 2 is 1.86 bits per heavy atom. The Hall–Kier alpha value is -1.54. The zero-order chi connectivity index (χ0) is 20.7. The smallest absolute Gasteiger partial charge is 0.308 e. The highest BCUT2D eigenvalue weighted by molar-refractivity contribution is 5.91. The number of aliphatic hydroxyl groups is 1. The lowest BCUT2D eigenvalue weighted by molar-refractivity contribution is -0.173. The molecule has 1 unspecified atom stereocenters. The molecule has 1 saturated heterocycles. The van der Waals surface area contributed by atoms with Crippen LogP contribution in [0.2, 0.25) is 0 Å². The van der Waals surface area contributed by atoms with Crippen molar-refractivity contribution in [3.63, 3.8) is 0 Å². The number of cyclic esters (lactones) is 1. The minimum atomic E-state index is -1.08. The first-order chi connectivity index (χ1) is 13.3. The third-order valence-electron chi connectivity index (χ3n) is 5.33. The molecule has 2 aliphatic heterocycles. The number of hydrogen-bond donors (Lipinski definition) is 1. The van der Waals surface area contributed by atoms with Gasteiger partial charge in [0, 0.05) is 33.0 Å². The highest BCUT2D eigenvalue weighted by Crippen LogP contribution is 2.36. The van der Waals surface area contributed by atoms with Gasteiger partial charge in [0.25, 0.3) is 0 Å². The Bertz CT molecular complexity index is 585. The lowest BCUT2D eigenvalue weighted by atomic mass is 9.84. The number of esters is 1. The van der Waals surface area contributed by atoms with Crippen LogP contribution in [0.15, 0.2) is 24.3 Å². The Morgan fingerprint density at radius 1 is 1.11 bits per heavy atom. The summed E-state index contributed by atoms with van der Waals surface area (Å²) < 4.78 is 22.1. The highest BCUT2D eigenvalue weighted by atomic mass is 16.7. The van der Waals surface area contributed by atoms with Gasteiger partial charge in [0.05, 0.1) is 18.6 Å². The molecule has 0 aromatic heterocycles. The molecule has 2 aliphatic rings. The molecular weight excluding hydrogens is 364 g/mol. The van der Waals surface area contributed by atoms with Crippen molar-refractivity contribution in [3.8, 4) is 0 Å². The number of aliphatic hydroxyl groups excluding tert-OH is 1. The second-order valence-corrected chi connectivity index (χ2v) is 7.60. The number of methoxy groups -OCH3 is 2. The summed E-state index contributed by atoms with van der Waals surface area (Å²) in [6.07, 6.45) is 5.33. The number of ketones is 1. The number of hydrogen-bond acceptors (Lipinski definition) is 7. The first-order valence-electron chi connectivity index (χ1n) is 9.81. The molecule has 158 valence electrons. The molecule has 0 spiro atoms. The summed E-state index contributed by atoms with van der Waals surface area (Å²) in [5.74, 6) is -0.706. The van der Waals surface area contributed by atoms with Gasteiger partial charge in [0.1, 0.15) is 12.2 Å². The van der Waals surface area contributed by atoms with Crippen molar-refractivity contribution in [1.82, 2.24) is 0 Å². The van der Waals surface area contributed by atoms with E-state index in [2.05, 4.69) is 0 Å². The van der Waals surface area contributed by atoms with E-state index in [1.54, 1.807) is 32.3 Å². The average molecular weight is 396 g/mol. The third kappa shape index (κ3) is 6.24. The summed E-state index contributed by atoms with van der Waals surface area (Å²) in [5.41, 5.74) is 0. The van der Waals surface area contributed by atoms with Crippen molar-refractivity contribution in [2.24, 2.45) is 11.8 Å². The number of rotatable bonds is 2. The van der Waals surface area contributed by atoms with Crippen LogP contribution >= 0.6 is 0 Å². The SMILES string of the molecule is COC1C[C@H]2C[C@@H](C)C(=O)/C=C/C=C/C[C@@H](C)OC(=O)C[C@@H](O)[C@H](OC)[C@H]2O1. The minimum absolute atomic E-state index is 0.0327. The molecular formula is C21H32O7. The average Bonchev–Trinajstić information content (AvgIpc) is 3.03. The van der Waals surface area contributed by atoms with Crippen LogP contribution in [0.4, 0.5) is 0 Å². The van der Waals surface area contributed by atoms with Gasteiger partial charge in [0.15, 0.2) is 12.1 Å². The van der Waals surface area contributed by atoms with Crippen molar-refractivity contribution in [1.29, 1.82) is 0 Å². The van der Waals surface area contributed by atoms with Crippen LogP contribution in [0.5, 0.6) is 0 Å². The van der Waals surface area contributed by atoms with E-state index in [1.165, 1.54) is 7.11 Å². The van der Waals surface area contributed by atoms with E-state index in [4.69, 9.17) is 18.9 Å². The number of carbonyl (C=O) groups is 2. The Balaban J connectivity index is 2.25. The topological polar surface area (TPSA) is 91.3 Å². The summed E-state index contributed by atoms with van der Waals surface area (Å²) in [6, 6.07) is 0. The van der Waals surface area contributed by atoms with Gasteiger partial charge in [0.2, 0.25) is 0 Å². The molecule has 0 amide bonds. The number of allylic oxidation sites excluding steroid dienone is 3. The van der Waals surface area contributed by atoms with E-state index < -0.39 is 30.6 Å². The summed E-state index contributed by atoms with van der Waals surface area (Å²) in [4.78, 5) is 24.6. The Labute approximate surface area is 166 Å². The van der Waals surface area contributed by atoms with Gasteiger partial charge >= 0.3 is 5.97 Å². The van der Waals surface area contributed by atoms with E-state index in [9.17, 15) is 14.7 Å². The molecule has 0 aromatic carbocycles. The van der Waals surface area contributed by atoms with Gasteiger partial charge in [-0.1, -0.05) is 25.2 Å². The molecule has 28 heavy (non-hydrogen) atoms.